The molecule has 1 aromatic carbocycles. The maximum Gasteiger partial charge on any atom is 0.427 e. The normalized spacial score (nSPS) is 10.5. The first kappa shape index (κ1) is 14.3. The van der Waals surface area contributed by atoms with Gasteiger partial charge in [-0.05, 0) is 12.1 Å². The van der Waals surface area contributed by atoms with Crippen LogP contribution in [0.5, 0.6) is 0 Å². The van der Waals surface area contributed by atoms with Gasteiger partial charge in [0.05, 0.1) is 18.2 Å². The first-order valence-corrected chi connectivity index (χ1v) is 5.82. The second-order valence-electron chi connectivity index (χ2n) is 3.87. The lowest BCUT2D eigenvalue weighted by Crippen LogP contribution is -2.16. The summed E-state index contributed by atoms with van der Waals surface area (Å²) in [5.41, 5.74) is 2.66. The molecule has 0 atom stereocenters. The SMILES string of the molecule is COC(=O)N/N=C\c1ccc(-c2cccc([N+](=O)[O-])c2)o1. The van der Waals surface area contributed by atoms with E-state index in [-0.39, 0.29) is 5.69 Å². The molecule has 8 heteroatoms. The number of furan rings is 1. The van der Waals surface area contributed by atoms with Gasteiger partial charge in [0, 0.05) is 17.7 Å². The maximum absolute atomic E-state index is 10.8. The molecule has 1 aromatic heterocycles. The average Bonchev–Trinajstić information content (AvgIpc) is 2.96. The van der Waals surface area contributed by atoms with Gasteiger partial charge < -0.3 is 9.15 Å². The topological polar surface area (TPSA) is 107 Å². The van der Waals surface area contributed by atoms with E-state index in [1.807, 2.05) is 0 Å². The summed E-state index contributed by atoms with van der Waals surface area (Å²) in [6.07, 6.45) is 0.592. The molecule has 0 saturated heterocycles. The second-order valence-corrected chi connectivity index (χ2v) is 3.87. The van der Waals surface area contributed by atoms with Crippen LogP contribution in [0.4, 0.5) is 10.5 Å². The molecule has 0 aliphatic heterocycles. The Hall–Kier alpha value is -3.16. The van der Waals surface area contributed by atoms with E-state index >= 15 is 0 Å². The molecule has 0 fully saturated rings. The fourth-order valence-corrected chi connectivity index (χ4v) is 1.54. The van der Waals surface area contributed by atoms with Crippen molar-refractivity contribution in [1.82, 2.24) is 5.43 Å². The van der Waals surface area contributed by atoms with Gasteiger partial charge in [-0.1, -0.05) is 12.1 Å². The number of carbonyl (C=O) groups excluding carboxylic acids is 1. The summed E-state index contributed by atoms with van der Waals surface area (Å²) < 4.78 is 9.80. The number of nitrogens with one attached hydrogen (secondary N) is 1. The van der Waals surface area contributed by atoms with Crippen molar-refractivity contribution in [2.24, 2.45) is 5.10 Å². The molecule has 8 nitrogen and oxygen atoms in total. The van der Waals surface area contributed by atoms with Crippen LogP contribution in [0, 0.1) is 10.1 Å². The molecule has 0 spiro atoms. The Kier molecular flexibility index (Phi) is 4.30. The van der Waals surface area contributed by atoms with Crippen molar-refractivity contribution in [2.45, 2.75) is 0 Å². The lowest BCUT2D eigenvalue weighted by Gasteiger charge is -1.97. The van der Waals surface area contributed by atoms with Crippen molar-refractivity contribution in [3.8, 4) is 11.3 Å². The predicted molar refractivity (Wildman–Crippen MR) is 73.9 cm³/mol. The minimum absolute atomic E-state index is 0.0218. The quantitative estimate of drug-likeness (QED) is 0.528. The monoisotopic (exact) mass is 289 g/mol. The summed E-state index contributed by atoms with van der Waals surface area (Å²) in [4.78, 5) is 21.0. The van der Waals surface area contributed by atoms with Crippen LogP contribution >= 0.6 is 0 Å². The Morgan fingerprint density at radius 1 is 1.43 bits per heavy atom. The van der Waals surface area contributed by atoms with Gasteiger partial charge in [-0.2, -0.15) is 5.10 Å². The molecule has 1 amide bonds. The molecule has 108 valence electrons. The third kappa shape index (κ3) is 3.66. The molecule has 1 heterocycles. The number of amides is 1. The number of methoxy groups -OCH3 is 1. The molecule has 2 aromatic rings. The number of rotatable bonds is 4. The number of hydrogen-bond donors (Lipinski definition) is 1. The molecule has 2 rings (SSSR count). The first-order valence-electron chi connectivity index (χ1n) is 5.82. The summed E-state index contributed by atoms with van der Waals surface area (Å²) in [6.45, 7) is 0. The summed E-state index contributed by atoms with van der Waals surface area (Å²) in [6, 6.07) is 9.35. The van der Waals surface area contributed by atoms with Gasteiger partial charge >= 0.3 is 6.09 Å². The number of non-ortho nitro benzene ring substituents is 1. The zero-order valence-corrected chi connectivity index (χ0v) is 11.0. The van der Waals surface area contributed by atoms with Gasteiger partial charge in [0.15, 0.2) is 0 Å². The van der Waals surface area contributed by atoms with Crippen LogP contribution in [0.25, 0.3) is 11.3 Å². The first-order chi connectivity index (χ1) is 10.1. The van der Waals surface area contributed by atoms with Crippen molar-refractivity contribution in [2.75, 3.05) is 7.11 Å². The van der Waals surface area contributed by atoms with E-state index in [4.69, 9.17) is 4.42 Å². The smallest absolute Gasteiger partial charge is 0.427 e. The number of nitrogens with zero attached hydrogens (tertiary/aromatic N) is 2. The molecular formula is C13H11N3O5. The molecule has 0 aliphatic rings. The van der Waals surface area contributed by atoms with Crippen molar-refractivity contribution >= 4 is 18.0 Å². The van der Waals surface area contributed by atoms with Crippen LogP contribution in [-0.2, 0) is 4.74 Å². The number of hydrogen-bond acceptors (Lipinski definition) is 6. The molecule has 0 aliphatic carbocycles. The number of ether oxygens (including phenoxy) is 1. The van der Waals surface area contributed by atoms with E-state index in [1.54, 1.807) is 24.3 Å². The maximum atomic E-state index is 10.8. The minimum atomic E-state index is -0.697. The highest BCUT2D eigenvalue weighted by molar-refractivity contribution is 5.79. The van der Waals surface area contributed by atoms with Crippen LogP contribution in [0.15, 0.2) is 45.9 Å². The number of hydrazone groups is 1. The Morgan fingerprint density at radius 3 is 2.95 bits per heavy atom. The molecular weight excluding hydrogens is 278 g/mol. The van der Waals surface area contributed by atoms with Gasteiger partial charge in [-0.15, -0.1) is 0 Å². The van der Waals surface area contributed by atoms with Gasteiger partial charge in [-0.25, -0.2) is 10.2 Å². The lowest BCUT2D eigenvalue weighted by molar-refractivity contribution is -0.384. The third-order valence-electron chi connectivity index (χ3n) is 2.50. The highest BCUT2D eigenvalue weighted by Gasteiger charge is 2.09. The Balaban J connectivity index is 2.14. The van der Waals surface area contributed by atoms with Crippen LogP contribution in [0.3, 0.4) is 0 Å². The molecule has 0 bridgehead atoms. The van der Waals surface area contributed by atoms with Crippen molar-refractivity contribution in [3.63, 3.8) is 0 Å². The molecule has 0 saturated carbocycles. The van der Waals surface area contributed by atoms with E-state index in [1.165, 1.54) is 25.5 Å². The Morgan fingerprint density at radius 2 is 2.24 bits per heavy atom. The largest absolute Gasteiger partial charge is 0.455 e. The van der Waals surface area contributed by atoms with E-state index in [9.17, 15) is 14.9 Å². The lowest BCUT2D eigenvalue weighted by atomic mass is 10.1. The molecule has 0 unspecified atom stereocenters. The fourth-order valence-electron chi connectivity index (χ4n) is 1.54. The highest BCUT2D eigenvalue weighted by Crippen LogP contribution is 2.25. The van der Waals surface area contributed by atoms with Crippen LogP contribution in [0.1, 0.15) is 5.76 Å². The second kappa shape index (κ2) is 6.33. The standard InChI is InChI=1S/C13H11N3O5/c1-20-13(17)15-14-8-11-5-6-12(21-11)9-3-2-4-10(7-9)16(18)19/h2-8H,1H3,(H,15,17)/b14-8-. The zero-order valence-electron chi connectivity index (χ0n) is 11.0. The summed E-state index contributed by atoms with van der Waals surface area (Å²) in [5, 5.41) is 14.3. The van der Waals surface area contributed by atoms with E-state index in [2.05, 4.69) is 15.3 Å². The Bertz CT molecular complexity index is 693. The predicted octanol–water partition coefficient (Wildman–Crippen LogP) is 2.54. The van der Waals surface area contributed by atoms with Crippen LogP contribution < -0.4 is 5.43 Å². The molecule has 0 radical (unpaired) electrons. The molecule has 1 N–H and O–H groups in total. The van der Waals surface area contributed by atoms with Gasteiger partial charge in [0.2, 0.25) is 0 Å². The third-order valence-corrected chi connectivity index (χ3v) is 2.50. The minimum Gasteiger partial charge on any atom is -0.455 e. The summed E-state index contributed by atoms with van der Waals surface area (Å²) in [7, 11) is 1.22. The van der Waals surface area contributed by atoms with Crippen LogP contribution in [0.2, 0.25) is 0 Å². The number of nitro groups is 1. The van der Waals surface area contributed by atoms with Gasteiger partial charge in [-0.3, -0.25) is 10.1 Å². The number of benzene rings is 1. The van der Waals surface area contributed by atoms with E-state index in [0.717, 1.165) is 0 Å². The number of carbonyl (C=O) groups is 1. The van der Waals surface area contributed by atoms with Gasteiger partial charge in [0.1, 0.15) is 11.5 Å². The highest BCUT2D eigenvalue weighted by atomic mass is 16.6. The van der Waals surface area contributed by atoms with Gasteiger partial charge in [0.25, 0.3) is 5.69 Å². The average molecular weight is 289 g/mol. The zero-order chi connectivity index (χ0) is 15.2. The van der Waals surface area contributed by atoms with Crippen molar-refractivity contribution in [1.29, 1.82) is 0 Å². The van der Waals surface area contributed by atoms with Crippen LogP contribution in [-0.4, -0.2) is 24.3 Å². The molecule has 21 heavy (non-hydrogen) atoms. The van der Waals surface area contributed by atoms with E-state index < -0.39 is 11.0 Å². The van der Waals surface area contributed by atoms with Crippen molar-refractivity contribution < 1.29 is 18.9 Å². The summed E-state index contributed by atoms with van der Waals surface area (Å²) in [5.74, 6) is 0.839. The van der Waals surface area contributed by atoms with Crippen molar-refractivity contribution in [3.05, 3.63) is 52.3 Å². The number of nitro benzene ring substituents is 1. The fraction of sp³-hybridized carbons (Fsp3) is 0.0769. The Labute approximate surface area is 119 Å². The van der Waals surface area contributed by atoms with E-state index in [0.29, 0.717) is 17.1 Å². The summed E-state index contributed by atoms with van der Waals surface area (Å²) >= 11 is 0.